The van der Waals surface area contributed by atoms with Gasteiger partial charge in [-0.1, -0.05) is 20.8 Å². The molecule has 0 saturated carbocycles. The van der Waals surface area contributed by atoms with E-state index in [2.05, 4.69) is 53.3 Å². The van der Waals surface area contributed by atoms with Gasteiger partial charge in [0.25, 0.3) is 0 Å². The highest BCUT2D eigenvalue weighted by Crippen LogP contribution is 2.22. The predicted molar refractivity (Wildman–Crippen MR) is 97.4 cm³/mol. The van der Waals surface area contributed by atoms with E-state index < -0.39 is 0 Å². The maximum Gasteiger partial charge on any atom is 0.216 e. The molecule has 0 aliphatic rings. The number of nitrogens with zero attached hydrogens (tertiary/aromatic N) is 3. The summed E-state index contributed by atoms with van der Waals surface area (Å²) in [5.74, 6) is 2.29. The van der Waals surface area contributed by atoms with E-state index in [0.29, 0.717) is 12.4 Å². The molecule has 0 spiro atoms. The van der Waals surface area contributed by atoms with Gasteiger partial charge in [0.1, 0.15) is 12.3 Å². The Balaban J connectivity index is 2.49. The van der Waals surface area contributed by atoms with Crippen LogP contribution in [0.15, 0.2) is 15.6 Å². The number of likely N-dealkylation sites (N-methyl/N-ethyl adjacent to an activating group) is 1. The van der Waals surface area contributed by atoms with E-state index >= 15 is 0 Å². The number of hydrogen-bond acceptors (Lipinski definition) is 5. The number of aromatic nitrogens is 1. The van der Waals surface area contributed by atoms with Crippen molar-refractivity contribution in [3.05, 3.63) is 17.8 Å². The number of ether oxygens (including phenoxy) is 1. The SMILES string of the molecule is CCNC(=NCc1ncc(C(C)(C)C)o1)NCCN(C)CCOC. The second kappa shape index (κ2) is 10.3. The third-order valence-corrected chi connectivity index (χ3v) is 3.47. The molecule has 0 aliphatic heterocycles. The summed E-state index contributed by atoms with van der Waals surface area (Å²) in [7, 11) is 3.79. The molecular weight excluding hydrogens is 306 g/mol. The van der Waals surface area contributed by atoms with Gasteiger partial charge in [-0.25, -0.2) is 9.98 Å². The zero-order valence-corrected chi connectivity index (χ0v) is 16.0. The lowest BCUT2D eigenvalue weighted by atomic mass is 9.94. The van der Waals surface area contributed by atoms with E-state index in [-0.39, 0.29) is 5.41 Å². The minimum Gasteiger partial charge on any atom is -0.443 e. The third kappa shape index (κ3) is 7.79. The molecule has 1 aromatic rings. The van der Waals surface area contributed by atoms with Crippen LogP contribution in [-0.4, -0.2) is 62.8 Å². The van der Waals surface area contributed by atoms with E-state index in [1.807, 2.05) is 6.92 Å². The Morgan fingerprint density at radius 3 is 2.67 bits per heavy atom. The van der Waals surface area contributed by atoms with Gasteiger partial charge in [0.15, 0.2) is 5.96 Å². The van der Waals surface area contributed by atoms with Crippen LogP contribution in [0.3, 0.4) is 0 Å². The minimum atomic E-state index is -0.0372. The molecule has 0 aliphatic carbocycles. The molecule has 138 valence electrons. The zero-order chi connectivity index (χ0) is 18.0. The highest BCUT2D eigenvalue weighted by atomic mass is 16.5. The number of oxazole rings is 1. The minimum absolute atomic E-state index is 0.0372. The van der Waals surface area contributed by atoms with Crippen LogP contribution in [0.25, 0.3) is 0 Å². The highest BCUT2D eigenvalue weighted by molar-refractivity contribution is 5.79. The molecule has 24 heavy (non-hydrogen) atoms. The first-order chi connectivity index (χ1) is 11.4. The standard InChI is InChI=1S/C17H33N5O2/c1-7-18-16(19-8-9-22(5)10-11-23-6)21-13-15-20-12-14(24-15)17(2,3)4/h12H,7-11,13H2,1-6H3,(H2,18,19,21). The number of hydrogen-bond donors (Lipinski definition) is 2. The Morgan fingerprint density at radius 1 is 1.33 bits per heavy atom. The maximum atomic E-state index is 5.77. The largest absolute Gasteiger partial charge is 0.443 e. The number of aliphatic imine (C=N–C) groups is 1. The number of methoxy groups -OCH3 is 1. The normalized spacial score (nSPS) is 12.7. The number of rotatable bonds is 9. The smallest absolute Gasteiger partial charge is 0.216 e. The van der Waals surface area contributed by atoms with Crippen molar-refractivity contribution >= 4 is 5.96 Å². The first kappa shape index (κ1) is 20.4. The van der Waals surface area contributed by atoms with Crippen LogP contribution < -0.4 is 10.6 Å². The molecule has 0 aromatic carbocycles. The van der Waals surface area contributed by atoms with E-state index in [0.717, 1.165) is 44.5 Å². The molecule has 0 bridgehead atoms. The molecule has 0 unspecified atom stereocenters. The summed E-state index contributed by atoms with van der Waals surface area (Å²) in [4.78, 5) is 11.1. The van der Waals surface area contributed by atoms with Crippen molar-refractivity contribution in [2.45, 2.75) is 39.7 Å². The van der Waals surface area contributed by atoms with Crippen LogP contribution in [0.4, 0.5) is 0 Å². The first-order valence-corrected chi connectivity index (χ1v) is 8.51. The Kier molecular flexibility index (Phi) is 8.78. The van der Waals surface area contributed by atoms with Crippen LogP contribution in [0.5, 0.6) is 0 Å². The summed E-state index contributed by atoms with van der Waals surface area (Å²) in [5.41, 5.74) is -0.0372. The fraction of sp³-hybridized carbons (Fsp3) is 0.765. The van der Waals surface area contributed by atoms with Crippen LogP contribution in [0, 0.1) is 0 Å². The van der Waals surface area contributed by atoms with E-state index in [1.165, 1.54) is 0 Å². The van der Waals surface area contributed by atoms with Gasteiger partial charge in [0.2, 0.25) is 5.89 Å². The first-order valence-electron chi connectivity index (χ1n) is 8.51. The van der Waals surface area contributed by atoms with Crippen molar-refractivity contribution in [1.29, 1.82) is 0 Å². The Morgan fingerprint density at radius 2 is 2.08 bits per heavy atom. The molecule has 0 fully saturated rings. The van der Waals surface area contributed by atoms with Gasteiger partial charge in [-0.15, -0.1) is 0 Å². The third-order valence-electron chi connectivity index (χ3n) is 3.47. The van der Waals surface area contributed by atoms with Crippen LogP contribution in [0.2, 0.25) is 0 Å². The Hall–Kier alpha value is -1.60. The molecule has 1 rings (SSSR count). The van der Waals surface area contributed by atoms with Gasteiger partial charge in [-0.05, 0) is 14.0 Å². The topological polar surface area (TPSA) is 74.9 Å². The fourth-order valence-electron chi connectivity index (χ4n) is 1.94. The molecule has 7 nitrogen and oxygen atoms in total. The molecule has 2 N–H and O–H groups in total. The fourth-order valence-corrected chi connectivity index (χ4v) is 1.94. The van der Waals surface area contributed by atoms with Crippen molar-refractivity contribution in [3.8, 4) is 0 Å². The van der Waals surface area contributed by atoms with Crippen molar-refractivity contribution in [1.82, 2.24) is 20.5 Å². The predicted octanol–water partition coefficient (Wildman–Crippen LogP) is 1.61. The van der Waals surface area contributed by atoms with Crippen molar-refractivity contribution in [2.24, 2.45) is 4.99 Å². The molecule has 1 aromatic heterocycles. The molecule has 7 heteroatoms. The van der Waals surface area contributed by atoms with Gasteiger partial charge in [-0.3, -0.25) is 0 Å². The van der Waals surface area contributed by atoms with Gasteiger partial charge >= 0.3 is 0 Å². The molecule has 0 atom stereocenters. The average Bonchev–Trinajstić information content (AvgIpc) is 2.99. The molecule has 0 saturated heterocycles. The van der Waals surface area contributed by atoms with E-state index in [1.54, 1.807) is 13.3 Å². The monoisotopic (exact) mass is 339 g/mol. The molecule has 0 amide bonds. The molecular formula is C17H33N5O2. The summed E-state index contributed by atoms with van der Waals surface area (Å²) < 4.78 is 10.8. The number of nitrogens with one attached hydrogen (secondary N) is 2. The summed E-state index contributed by atoms with van der Waals surface area (Å²) in [6, 6.07) is 0. The Labute approximate surface area is 145 Å². The summed E-state index contributed by atoms with van der Waals surface area (Å²) in [5, 5.41) is 6.56. The summed E-state index contributed by atoms with van der Waals surface area (Å²) in [6.45, 7) is 13.0. The van der Waals surface area contributed by atoms with E-state index in [9.17, 15) is 0 Å². The summed E-state index contributed by atoms with van der Waals surface area (Å²) in [6.07, 6.45) is 1.79. The second-order valence-electron chi connectivity index (χ2n) is 6.79. The van der Waals surface area contributed by atoms with Crippen molar-refractivity contribution < 1.29 is 9.15 Å². The zero-order valence-electron chi connectivity index (χ0n) is 16.0. The molecule has 1 heterocycles. The molecule has 0 radical (unpaired) electrons. The Bertz CT molecular complexity index is 493. The lowest BCUT2D eigenvalue weighted by molar-refractivity contribution is 0.162. The quantitative estimate of drug-likeness (QED) is 0.526. The van der Waals surface area contributed by atoms with Gasteiger partial charge < -0.3 is 24.7 Å². The van der Waals surface area contributed by atoms with E-state index in [4.69, 9.17) is 9.15 Å². The lowest BCUT2D eigenvalue weighted by Crippen LogP contribution is -2.41. The van der Waals surface area contributed by atoms with Crippen molar-refractivity contribution in [3.63, 3.8) is 0 Å². The van der Waals surface area contributed by atoms with Crippen LogP contribution in [0.1, 0.15) is 39.3 Å². The number of guanidine groups is 1. The maximum absolute atomic E-state index is 5.77. The summed E-state index contributed by atoms with van der Waals surface area (Å²) >= 11 is 0. The van der Waals surface area contributed by atoms with Crippen LogP contribution in [-0.2, 0) is 16.7 Å². The van der Waals surface area contributed by atoms with Crippen LogP contribution >= 0.6 is 0 Å². The highest BCUT2D eigenvalue weighted by Gasteiger charge is 2.18. The average molecular weight is 339 g/mol. The second-order valence-corrected chi connectivity index (χ2v) is 6.79. The van der Waals surface area contributed by atoms with Crippen molar-refractivity contribution in [2.75, 3.05) is 46.9 Å². The van der Waals surface area contributed by atoms with Gasteiger partial charge in [0, 0.05) is 38.7 Å². The van der Waals surface area contributed by atoms with Gasteiger partial charge in [-0.2, -0.15) is 0 Å². The lowest BCUT2D eigenvalue weighted by Gasteiger charge is -2.17. The van der Waals surface area contributed by atoms with Gasteiger partial charge in [0.05, 0.1) is 12.8 Å².